The number of benzene rings is 2. The summed E-state index contributed by atoms with van der Waals surface area (Å²) in [5.74, 6) is 0.0903. The average molecular weight is 463 g/mol. The molecule has 2 aromatic carbocycles. The summed E-state index contributed by atoms with van der Waals surface area (Å²) in [5.41, 5.74) is 3.99. The molecule has 33 heavy (non-hydrogen) atoms. The van der Waals surface area contributed by atoms with E-state index in [1.54, 1.807) is 54.9 Å². The van der Waals surface area contributed by atoms with Crippen LogP contribution in [0.25, 0.3) is 11.1 Å². The van der Waals surface area contributed by atoms with E-state index in [9.17, 15) is 9.18 Å². The van der Waals surface area contributed by atoms with Crippen molar-refractivity contribution < 1.29 is 13.9 Å². The van der Waals surface area contributed by atoms with Crippen LogP contribution in [-0.4, -0.2) is 16.0 Å². The first-order chi connectivity index (χ1) is 16.1. The van der Waals surface area contributed by atoms with Crippen LogP contribution in [0.15, 0.2) is 85.3 Å². The van der Waals surface area contributed by atoms with E-state index < -0.39 is 5.95 Å². The molecule has 0 spiro atoms. The van der Waals surface area contributed by atoms with Gasteiger partial charge in [0, 0.05) is 41.4 Å². The summed E-state index contributed by atoms with van der Waals surface area (Å²) >= 11 is 6.15. The van der Waals surface area contributed by atoms with Gasteiger partial charge in [0.2, 0.25) is 5.95 Å². The summed E-state index contributed by atoms with van der Waals surface area (Å²) in [6.45, 7) is 0.663. The Balaban J connectivity index is 1.35. The average Bonchev–Trinajstić information content (AvgIpc) is 2.84. The molecule has 0 saturated heterocycles. The number of amides is 2. The second-order valence-electron chi connectivity index (χ2n) is 7.15. The zero-order valence-corrected chi connectivity index (χ0v) is 18.2. The smallest absolute Gasteiger partial charge is 0.319 e. The number of hydrogen-bond donors (Lipinski definition) is 2. The zero-order chi connectivity index (χ0) is 23.0. The lowest BCUT2D eigenvalue weighted by atomic mass is 10.0. The zero-order valence-electron chi connectivity index (χ0n) is 17.5. The summed E-state index contributed by atoms with van der Waals surface area (Å²) in [6.07, 6.45) is 4.84. The van der Waals surface area contributed by atoms with Gasteiger partial charge in [0.15, 0.2) is 0 Å². The standard InChI is InChI=1S/C25H20ClFN4O2/c26-20-5-3-19(23(12-20)18-4-10-24(27)29-15-18)16-33-22-8-6-21(7-9-22)31-25(32)30-14-17-2-1-11-28-13-17/h1-13,15H,14,16H2,(H2,30,31,32). The van der Waals surface area contributed by atoms with Gasteiger partial charge in [-0.05, 0) is 71.3 Å². The number of carbonyl (C=O) groups excluding carboxylic acids is 1. The van der Waals surface area contributed by atoms with Crippen molar-refractivity contribution in [3.8, 4) is 16.9 Å². The number of urea groups is 1. The van der Waals surface area contributed by atoms with Gasteiger partial charge in [-0.15, -0.1) is 0 Å². The third-order valence-corrected chi connectivity index (χ3v) is 5.03. The maximum atomic E-state index is 13.2. The molecular formula is C25H20ClFN4O2. The second kappa shape index (κ2) is 10.6. The van der Waals surface area contributed by atoms with Crippen molar-refractivity contribution in [1.82, 2.24) is 15.3 Å². The molecule has 0 unspecified atom stereocenters. The van der Waals surface area contributed by atoms with E-state index in [4.69, 9.17) is 16.3 Å². The number of anilines is 1. The molecular weight excluding hydrogens is 443 g/mol. The van der Waals surface area contributed by atoms with Crippen LogP contribution in [0.1, 0.15) is 11.1 Å². The number of pyridine rings is 2. The molecule has 0 fully saturated rings. The highest BCUT2D eigenvalue weighted by atomic mass is 35.5. The van der Waals surface area contributed by atoms with Gasteiger partial charge >= 0.3 is 6.03 Å². The fourth-order valence-electron chi connectivity index (χ4n) is 3.13. The molecule has 2 heterocycles. The molecule has 0 aliphatic rings. The number of hydrogen-bond acceptors (Lipinski definition) is 4. The van der Waals surface area contributed by atoms with E-state index in [0.717, 1.165) is 22.3 Å². The number of rotatable bonds is 7. The van der Waals surface area contributed by atoms with Gasteiger partial charge in [-0.3, -0.25) is 4.98 Å². The van der Waals surface area contributed by atoms with Gasteiger partial charge in [-0.1, -0.05) is 23.7 Å². The predicted molar refractivity (Wildman–Crippen MR) is 126 cm³/mol. The molecule has 0 bridgehead atoms. The maximum Gasteiger partial charge on any atom is 0.319 e. The van der Waals surface area contributed by atoms with Gasteiger partial charge in [0.05, 0.1) is 0 Å². The van der Waals surface area contributed by atoms with Crippen molar-refractivity contribution in [2.45, 2.75) is 13.2 Å². The molecule has 6 nitrogen and oxygen atoms in total. The largest absolute Gasteiger partial charge is 0.489 e. The van der Waals surface area contributed by atoms with Gasteiger partial charge in [-0.25, -0.2) is 9.78 Å². The molecule has 2 aromatic heterocycles. The van der Waals surface area contributed by atoms with Gasteiger partial charge < -0.3 is 15.4 Å². The second-order valence-corrected chi connectivity index (χ2v) is 7.59. The van der Waals surface area contributed by atoms with E-state index in [1.807, 2.05) is 18.2 Å². The minimum atomic E-state index is -0.543. The third-order valence-electron chi connectivity index (χ3n) is 4.79. The lowest BCUT2D eigenvalue weighted by Gasteiger charge is -2.13. The first-order valence-electron chi connectivity index (χ1n) is 10.1. The summed E-state index contributed by atoms with van der Waals surface area (Å²) in [4.78, 5) is 19.8. The highest BCUT2D eigenvalue weighted by Gasteiger charge is 2.09. The van der Waals surface area contributed by atoms with Gasteiger partial charge in [0.1, 0.15) is 12.4 Å². The van der Waals surface area contributed by atoms with Crippen LogP contribution in [0.4, 0.5) is 14.9 Å². The normalized spacial score (nSPS) is 10.5. The minimum absolute atomic E-state index is 0.280. The van der Waals surface area contributed by atoms with Crippen LogP contribution in [0, 0.1) is 5.95 Å². The van der Waals surface area contributed by atoms with Crippen LogP contribution < -0.4 is 15.4 Å². The van der Waals surface area contributed by atoms with Crippen molar-refractivity contribution in [3.05, 3.63) is 107 Å². The van der Waals surface area contributed by atoms with Crippen LogP contribution in [-0.2, 0) is 13.2 Å². The van der Waals surface area contributed by atoms with E-state index in [1.165, 1.54) is 12.3 Å². The van der Waals surface area contributed by atoms with Gasteiger partial charge in [0.25, 0.3) is 0 Å². The fraction of sp³-hybridized carbons (Fsp3) is 0.0800. The third kappa shape index (κ3) is 6.27. The van der Waals surface area contributed by atoms with Gasteiger partial charge in [-0.2, -0.15) is 4.39 Å². The Kier molecular flexibility index (Phi) is 7.12. The molecule has 4 aromatic rings. The van der Waals surface area contributed by atoms with Crippen LogP contribution in [0.5, 0.6) is 5.75 Å². The monoisotopic (exact) mass is 462 g/mol. The highest BCUT2D eigenvalue weighted by Crippen LogP contribution is 2.28. The van der Waals surface area contributed by atoms with Crippen molar-refractivity contribution in [2.24, 2.45) is 0 Å². The summed E-state index contributed by atoms with van der Waals surface area (Å²) in [7, 11) is 0. The molecule has 166 valence electrons. The molecule has 8 heteroatoms. The van der Waals surface area contributed by atoms with E-state index in [2.05, 4.69) is 20.6 Å². The minimum Gasteiger partial charge on any atom is -0.489 e. The van der Waals surface area contributed by atoms with Crippen molar-refractivity contribution >= 4 is 23.3 Å². The molecule has 4 rings (SSSR count). The number of nitrogens with one attached hydrogen (secondary N) is 2. The SMILES string of the molecule is O=C(NCc1cccnc1)Nc1ccc(OCc2ccc(Cl)cc2-c2ccc(F)nc2)cc1. The first kappa shape index (κ1) is 22.2. The number of aromatic nitrogens is 2. The molecule has 2 N–H and O–H groups in total. The number of ether oxygens (including phenoxy) is 1. The summed E-state index contributed by atoms with van der Waals surface area (Å²) in [5, 5.41) is 6.12. The Hall–Kier alpha value is -3.97. The lowest BCUT2D eigenvalue weighted by Crippen LogP contribution is -2.28. The predicted octanol–water partition coefficient (Wildman–Crippen LogP) is 5.84. The Labute approximate surface area is 195 Å². The van der Waals surface area contributed by atoms with E-state index in [0.29, 0.717) is 23.0 Å². The Morgan fingerprint density at radius 3 is 2.61 bits per heavy atom. The molecule has 0 saturated carbocycles. The van der Waals surface area contributed by atoms with E-state index in [-0.39, 0.29) is 12.6 Å². The Morgan fingerprint density at radius 1 is 1.03 bits per heavy atom. The number of halogens is 2. The quantitative estimate of drug-likeness (QED) is 0.338. The lowest BCUT2D eigenvalue weighted by molar-refractivity contribution is 0.251. The Bertz CT molecular complexity index is 1220. The fourth-order valence-corrected chi connectivity index (χ4v) is 3.31. The van der Waals surface area contributed by atoms with E-state index >= 15 is 0 Å². The summed E-state index contributed by atoms with van der Waals surface area (Å²) in [6, 6.07) is 18.8. The highest BCUT2D eigenvalue weighted by molar-refractivity contribution is 6.30. The topological polar surface area (TPSA) is 76.1 Å². The molecule has 0 aliphatic carbocycles. The first-order valence-corrected chi connectivity index (χ1v) is 10.5. The Morgan fingerprint density at radius 2 is 1.88 bits per heavy atom. The molecule has 0 aliphatic heterocycles. The van der Waals surface area contributed by atoms with Crippen molar-refractivity contribution in [2.75, 3.05) is 5.32 Å². The van der Waals surface area contributed by atoms with Crippen molar-refractivity contribution in [3.63, 3.8) is 0 Å². The van der Waals surface area contributed by atoms with Crippen LogP contribution in [0.3, 0.4) is 0 Å². The summed E-state index contributed by atoms with van der Waals surface area (Å²) < 4.78 is 19.1. The molecule has 2 amide bonds. The molecule has 0 radical (unpaired) electrons. The van der Waals surface area contributed by atoms with Crippen molar-refractivity contribution in [1.29, 1.82) is 0 Å². The maximum absolute atomic E-state index is 13.2. The van der Waals surface area contributed by atoms with Crippen LogP contribution >= 0.6 is 11.6 Å². The molecule has 0 atom stereocenters. The van der Waals surface area contributed by atoms with Crippen LogP contribution in [0.2, 0.25) is 5.02 Å². The number of nitrogens with zero attached hydrogens (tertiary/aromatic N) is 2. The number of carbonyl (C=O) groups is 1.